The Morgan fingerprint density at radius 2 is 2.12 bits per heavy atom. The monoisotopic (exact) mass is 250 g/mol. The molecule has 1 aromatic carbocycles. The molecule has 0 amide bonds. The molecule has 1 N–H and O–H groups in total. The maximum atomic E-state index is 4.23. The first-order valence-electron chi connectivity index (χ1n) is 5.07. The minimum absolute atomic E-state index is 0.797. The van der Waals surface area contributed by atoms with Gasteiger partial charge in [0, 0.05) is 16.8 Å². The summed E-state index contributed by atoms with van der Waals surface area (Å²) in [6.07, 6.45) is 2.12. The Hall–Kier alpha value is -1.00. The Morgan fingerprint density at radius 3 is 2.75 bits per heavy atom. The third kappa shape index (κ3) is 3.25. The molecular formula is C12H14N2S2. The molecule has 0 bridgehead atoms. The van der Waals surface area contributed by atoms with E-state index in [1.807, 2.05) is 17.3 Å². The molecule has 16 heavy (non-hydrogen) atoms. The molecule has 0 aliphatic rings. The van der Waals surface area contributed by atoms with E-state index >= 15 is 0 Å². The summed E-state index contributed by atoms with van der Waals surface area (Å²) in [4.78, 5) is 4.23. The Morgan fingerprint density at radius 1 is 1.31 bits per heavy atom. The van der Waals surface area contributed by atoms with E-state index in [9.17, 15) is 0 Å². The normalized spacial score (nSPS) is 10.3. The standard InChI is InChI=1S/C12H14N2S2/c1-15-7-10-2-4-11(5-3-10)13-6-12-8-16-9-14-12/h2-5,8-9,13H,6-7H2,1H3. The van der Waals surface area contributed by atoms with Crippen molar-refractivity contribution in [1.29, 1.82) is 0 Å². The lowest BCUT2D eigenvalue weighted by molar-refractivity contribution is 1.07. The maximum absolute atomic E-state index is 4.23. The second-order valence-electron chi connectivity index (χ2n) is 3.46. The number of benzene rings is 1. The molecule has 0 aliphatic carbocycles. The van der Waals surface area contributed by atoms with E-state index in [1.165, 1.54) is 5.56 Å². The van der Waals surface area contributed by atoms with Crippen LogP contribution in [0, 0.1) is 0 Å². The lowest BCUT2D eigenvalue weighted by Crippen LogP contribution is -1.99. The molecule has 0 saturated carbocycles. The van der Waals surface area contributed by atoms with Crippen molar-refractivity contribution in [3.8, 4) is 0 Å². The Kier molecular flexibility index (Phi) is 4.25. The number of nitrogens with zero attached hydrogens (tertiary/aromatic N) is 1. The zero-order valence-corrected chi connectivity index (χ0v) is 10.8. The van der Waals surface area contributed by atoms with Crippen LogP contribution in [0.15, 0.2) is 35.2 Å². The van der Waals surface area contributed by atoms with Crippen LogP contribution in [0.3, 0.4) is 0 Å². The minimum Gasteiger partial charge on any atom is -0.379 e. The van der Waals surface area contributed by atoms with Gasteiger partial charge in [-0.15, -0.1) is 11.3 Å². The topological polar surface area (TPSA) is 24.9 Å². The van der Waals surface area contributed by atoms with Gasteiger partial charge in [0.05, 0.1) is 17.7 Å². The van der Waals surface area contributed by atoms with Gasteiger partial charge in [-0.3, -0.25) is 0 Å². The van der Waals surface area contributed by atoms with Crippen LogP contribution in [0.2, 0.25) is 0 Å². The summed E-state index contributed by atoms with van der Waals surface area (Å²) in [6.45, 7) is 0.797. The highest BCUT2D eigenvalue weighted by Crippen LogP contribution is 2.14. The van der Waals surface area contributed by atoms with Crippen LogP contribution in [0.4, 0.5) is 5.69 Å². The predicted molar refractivity (Wildman–Crippen MR) is 73.1 cm³/mol. The quantitative estimate of drug-likeness (QED) is 0.877. The molecule has 4 heteroatoms. The average molecular weight is 250 g/mol. The summed E-state index contributed by atoms with van der Waals surface area (Å²) < 4.78 is 0. The summed E-state index contributed by atoms with van der Waals surface area (Å²) in [7, 11) is 0. The molecule has 0 atom stereocenters. The van der Waals surface area contributed by atoms with Gasteiger partial charge in [-0.25, -0.2) is 4.98 Å². The average Bonchev–Trinajstić information content (AvgIpc) is 2.82. The molecule has 0 saturated heterocycles. The highest BCUT2D eigenvalue weighted by atomic mass is 32.2. The number of rotatable bonds is 5. The number of thioether (sulfide) groups is 1. The van der Waals surface area contributed by atoms with Crippen molar-refractivity contribution >= 4 is 28.8 Å². The van der Waals surface area contributed by atoms with Gasteiger partial charge in [-0.2, -0.15) is 11.8 Å². The number of aromatic nitrogens is 1. The van der Waals surface area contributed by atoms with Crippen LogP contribution in [0.1, 0.15) is 11.3 Å². The fourth-order valence-corrected chi connectivity index (χ4v) is 2.49. The zero-order valence-electron chi connectivity index (χ0n) is 9.14. The summed E-state index contributed by atoms with van der Waals surface area (Å²) in [6, 6.07) is 8.58. The molecule has 2 nitrogen and oxygen atoms in total. The van der Waals surface area contributed by atoms with Crippen molar-refractivity contribution in [3.63, 3.8) is 0 Å². The maximum Gasteiger partial charge on any atom is 0.0795 e. The van der Waals surface area contributed by atoms with Crippen molar-refractivity contribution in [2.24, 2.45) is 0 Å². The lowest BCUT2D eigenvalue weighted by atomic mass is 10.2. The van der Waals surface area contributed by atoms with Gasteiger partial charge < -0.3 is 5.32 Å². The second kappa shape index (κ2) is 5.92. The minimum atomic E-state index is 0.797. The number of hydrogen-bond donors (Lipinski definition) is 1. The summed E-state index contributed by atoms with van der Waals surface area (Å²) >= 11 is 3.47. The van der Waals surface area contributed by atoms with Crippen molar-refractivity contribution in [2.45, 2.75) is 12.3 Å². The van der Waals surface area contributed by atoms with Gasteiger partial charge in [-0.05, 0) is 24.0 Å². The van der Waals surface area contributed by atoms with Gasteiger partial charge in [0.1, 0.15) is 0 Å². The highest BCUT2D eigenvalue weighted by molar-refractivity contribution is 7.97. The third-order valence-electron chi connectivity index (χ3n) is 2.22. The molecule has 0 spiro atoms. The zero-order chi connectivity index (χ0) is 11.2. The van der Waals surface area contributed by atoms with Crippen LogP contribution in [-0.4, -0.2) is 11.2 Å². The number of thiazole rings is 1. The molecule has 0 unspecified atom stereocenters. The van der Waals surface area contributed by atoms with Crippen LogP contribution in [-0.2, 0) is 12.3 Å². The van der Waals surface area contributed by atoms with Crippen molar-refractivity contribution in [2.75, 3.05) is 11.6 Å². The van der Waals surface area contributed by atoms with Gasteiger partial charge in [0.25, 0.3) is 0 Å². The smallest absolute Gasteiger partial charge is 0.0795 e. The van der Waals surface area contributed by atoms with Gasteiger partial charge in [0.2, 0.25) is 0 Å². The molecule has 0 fully saturated rings. The van der Waals surface area contributed by atoms with E-state index in [2.05, 4.69) is 46.2 Å². The van der Waals surface area contributed by atoms with Crippen LogP contribution < -0.4 is 5.32 Å². The summed E-state index contributed by atoms with van der Waals surface area (Å²) in [5.41, 5.74) is 5.47. The van der Waals surface area contributed by atoms with Crippen LogP contribution >= 0.6 is 23.1 Å². The molecule has 2 aromatic rings. The van der Waals surface area contributed by atoms with Gasteiger partial charge in [-0.1, -0.05) is 12.1 Å². The van der Waals surface area contributed by atoms with E-state index < -0.39 is 0 Å². The van der Waals surface area contributed by atoms with E-state index in [1.54, 1.807) is 11.3 Å². The largest absolute Gasteiger partial charge is 0.379 e. The van der Waals surface area contributed by atoms with E-state index in [0.717, 1.165) is 23.7 Å². The van der Waals surface area contributed by atoms with Gasteiger partial charge >= 0.3 is 0 Å². The SMILES string of the molecule is CSCc1ccc(NCc2cscn2)cc1. The summed E-state index contributed by atoms with van der Waals surface area (Å²) in [5.74, 6) is 1.08. The molecule has 1 aromatic heterocycles. The fourth-order valence-electron chi connectivity index (χ4n) is 1.40. The van der Waals surface area contributed by atoms with Crippen LogP contribution in [0.5, 0.6) is 0 Å². The van der Waals surface area contributed by atoms with Crippen molar-refractivity contribution in [1.82, 2.24) is 4.98 Å². The number of anilines is 1. The third-order valence-corrected chi connectivity index (χ3v) is 3.48. The first-order valence-corrected chi connectivity index (χ1v) is 7.41. The van der Waals surface area contributed by atoms with E-state index in [0.29, 0.717) is 0 Å². The Bertz CT molecular complexity index is 409. The number of hydrogen-bond acceptors (Lipinski definition) is 4. The first-order chi connectivity index (χ1) is 7.88. The summed E-state index contributed by atoms with van der Waals surface area (Å²) in [5, 5.41) is 5.42. The second-order valence-corrected chi connectivity index (χ2v) is 5.05. The molecule has 1 heterocycles. The Labute approximate surface area is 104 Å². The van der Waals surface area contributed by atoms with Crippen LogP contribution in [0.25, 0.3) is 0 Å². The molecule has 84 valence electrons. The van der Waals surface area contributed by atoms with E-state index in [-0.39, 0.29) is 0 Å². The fraction of sp³-hybridized carbons (Fsp3) is 0.250. The van der Waals surface area contributed by atoms with Crippen molar-refractivity contribution in [3.05, 3.63) is 46.4 Å². The lowest BCUT2D eigenvalue weighted by Gasteiger charge is -2.05. The Balaban J connectivity index is 1.90. The van der Waals surface area contributed by atoms with E-state index in [4.69, 9.17) is 0 Å². The molecule has 2 rings (SSSR count). The predicted octanol–water partition coefficient (Wildman–Crippen LogP) is 3.62. The molecule has 0 aliphatic heterocycles. The molecule has 0 radical (unpaired) electrons. The first kappa shape index (κ1) is 11.5. The molecular weight excluding hydrogens is 236 g/mol. The number of nitrogens with one attached hydrogen (secondary N) is 1. The van der Waals surface area contributed by atoms with Crippen molar-refractivity contribution < 1.29 is 0 Å². The highest BCUT2D eigenvalue weighted by Gasteiger charge is 1.96. The van der Waals surface area contributed by atoms with Gasteiger partial charge in [0.15, 0.2) is 0 Å².